The number of hydrogen-bond donors (Lipinski definition) is 1. The molecule has 0 bridgehead atoms. The van der Waals surface area contributed by atoms with Crippen LogP contribution in [0.3, 0.4) is 0 Å². The van der Waals surface area contributed by atoms with Crippen molar-refractivity contribution in [3.05, 3.63) is 0 Å². The van der Waals surface area contributed by atoms with Crippen LogP contribution < -0.4 is 5.32 Å². The van der Waals surface area contributed by atoms with Gasteiger partial charge in [0.15, 0.2) is 0 Å². The quantitative estimate of drug-likeness (QED) is 0.534. The van der Waals surface area contributed by atoms with Gasteiger partial charge in [0, 0.05) is 6.04 Å². The highest BCUT2D eigenvalue weighted by Crippen LogP contribution is 2.39. The van der Waals surface area contributed by atoms with E-state index in [0.717, 1.165) is 38.4 Å². The van der Waals surface area contributed by atoms with E-state index in [1.54, 1.807) is 18.7 Å². The maximum Gasteiger partial charge on any atom is 0.323 e. The largest absolute Gasteiger partial charge is 0.465 e. The third-order valence-corrected chi connectivity index (χ3v) is 5.51. The number of ether oxygens (including phenoxy) is 1. The first-order valence-corrected chi connectivity index (χ1v) is 9.73. The molecule has 0 radical (unpaired) electrons. The number of rotatable bonds is 8. The van der Waals surface area contributed by atoms with Crippen molar-refractivity contribution in [1.82, 2.24) is 10.2 Å². The molecule has 5 atom stereocenters. The highest BCUT2D eigenvalue weighted by molar-refractivity contribution is 5.86. The van der Waals surface area contributed by atoms with Crippen LogP contribution in [0.15, 0.2) is 0 Å². The molecule has 1 unspecified atom stereocenters. The monoisotopic (exact) mass is 352 g/mol. The molecular formula is C19H32N2O4. The van der Waals surface area contributed by atoms with Gasteiger partial charge in [0.1, 0.15) is 12.3 Å². The van der Waals surface area contributed by atoms with E-state index in [1.165, 1.54) is 6.42 Å². The number of nitrogens with one attached hydrogen (secondary N) is 1. The molecule has 2 fully saturated rings. The average Bonchev–Trinajstić information content (AvgIpc) is 2.99. The number of amides is 1. The maximum absolute atomic E-state index is 13.0. The van der Waals surface area contributed by atoms with Gasteiger partial charge in [-0.15, -0.1) is 0 Å². The first kappa shape index (κ1) is 19.9. The number of carbonyl (C=O) groups is 3. The zero-order valence-corrected chi connectivity index (χ0v) is 15.7. The summed E-state index contributed by atoms with van der Waals surface area (Å²) < 4.78 is 5.11. The molecule has 25 heavy (non-hydrogen) atoms. The van der Waals surface area contributed by atoms with Crippen molar-refractivity contribution in [3.8, 4) is 0 Å². The van der Waals surface area contributed by atoms with Gasteiger partial charge in [-0.05, 0) is 45.4 Å². The summed E-state index contributed by atoms with van der Waals surface area (Å²) in [5.41, 5.74) is 0. The van der Waals surface area contributed by atoms with Gasteiger partial charge in [-0.1, -0.05) is 26.2 Å². The molecule has 0 aromatic carbocycles. The Kier molecular flexibility index (Phi) is 7.41. The van der Waals surface area contributed by atoms with Gasteiger partial charge in [0.05, 0.1) is 18.7 Å². The van der Waals surface area contributed by atoms with Crippen molar-refractivity contribution >= 4 is 18.2 Å². The van der Waals surface area contributed by atoms with Crippen LogP contribution in [-0.2, 0) is 19.1 Å². The van der Waals surface area contributed by atoms with E-state index >= 15 is 0 Å². The molecule has 1 saturated heterocycles. The summed E-state index contributed by atoms with van der Waals surface area (Å²) in [6, 6.07) is -1.14. The van der Waals surface area contributed by atoms with Crippen molar-refractivity contribution in [2.24, 2.45) is 5.92 Å². The summed E-state index contributed by atoms with van der Waals surface area (Å²) in [5.74, 6) is 0.0569. The molecule has 1 N–H and O–H groups in total. The van der Waals surface area contributed by atoms with Crippen LogP contribution in [-0.4, -0.2) is 53.8 Å². The van der Waals surface area contributed by atoms with Crippen LogP contribution >= 0.6 is 0 Å². The zero-order valence-electron chi connectivity index (χ0n) is 15.7. The van der Waals surface area contributed by atoms with Gasteiger partial charge in [-0.2, -0.15) is 0 Å². The predicted molar refractivity (Wildman–Crippen MR) is 95.0 cm³/mol. The van der Waals surface area contributed by atoms with E-state index in [2.05, 4.69) is 5.32 Å². The second-order valence-electron chi connectivity index (χ2n) is 7.28. The number of nitrogens with zero attached hydrogens (tertiary/aromatic N) is 1. The molecule has 1 aliphatic carbocycles. The minimum absolute atomic E-state index is 0.0723. The third kappa shape index (κ3) is 4.60. The number of likely N-dealkylation sites (tertiary alicyclic amines) is 1. The first-order valence-electron chi connectivity index (χ1n) is 9.73. The third-order valence-electron chi connectivity index (χ3n) is 5.51. The van der Waals surface area contributed by atoms with E-state index in [1.807, 2.05) is 6.92 Å². The molecule has 2 rings (SSSR count). The van der Waals surface area contributed by atoms with Crippen molar-refractivity contribution in [2.75, 3.05) is 6.61 Å². The smallest absolute Gasteiger partial charge is 0.323 e. The fourth-order valence-electron chi connectivity index (χ4n) is 4.34. The summed E-state index contributed by atoms with van der Waals surface area (Å²) in [7, 11) is 0. The van der Waals surface area contributed by atoms with Gasteiger partial charge < -0.3 is 14.4 Å². The van der Waals surface area contributed by atoms with Crippen molar-refractivity contribution in [1.29, 1.82) is 0 Å². The topological polar surface area (TPSA) is 75.7 Å². The minimum atomic E-state index is -0.510. The van der Waals surface area contributed by atoms with Crippen LogP contribution in [0.5, 0.6) is 0 Å². The van der Waals surface area contributed by atoms with Crippen molar-refractivity contribution in [3.63, 3.8) is 0 Å². The van der Waals surface area contributed by atoms with Crippen LogP contribution in [0.2, 0.25) is 0 Å². The molecule has 1 aliphatic heterocycles. The van der Waals surface area contributed by atoms with Crippen LogP contribution in [0.4, 0.5) is 0 Å². The molecule has 2 aliphatic rings. The fourth-order valence-corrected chi connectivity index (χ4v) is 4.34. The minimum Gasteiger partial charge on any atom is -0.465 e. The first-order chi connectivity index (χ1) is 12.0. The van der Waals surface area contributed by atoms with Gasteiger partial charge in [-0.3, -0.25) is 14.9 Å². The normalized spacial score (nSPS) is 28.1. The van der Waals surface area contributed by atoms with Gasteiger partial charge in [0.25, 0.3) is 0 Å². The molecule has 142 valence electrons. The molecule has 0 aromatic rings. The Bertz CT molecular complexity index is 482. The zero-order chi connectivity index (χ0) is 18.4. The average molecular weight is 352 g/mol. The van der Waals surface area contributed by atoms with Crippen molar-refractivity contribution in [2.45, 2.75) is 89.9 Å². The molecule has 0 spiro atoms. The summed E-state index contributed by atoms with van der Waals surface area (Å²) in [6.45, 7) is 5.88. The number of carbonyl (C=O) groups excluding carboxylic acids is 3. The molecular weight excluding hydrogens is 320 g/mol. The Balaban J connectivity index is 2.06. The molecule has 1 amide bonds. The lowest BCUT2D eigenvalue weighted by Crippen LogP contribution is -2.54. The Morgan fingerprint density at radius 2 is 2.00 bits per heavy atom. The lowest BCUT2D eigenvalue weighted by atomic mass is 9.85. The van der Waals surface area contributed by atoms with E-state index in [-0.39, 0.29) is 24.0 Å². The number of esters is 1. The second-order valence-corrected chi connectivity index (χ2v) is 7.28. The molecule has 6 nitrogen and oxygen atoms in total. The summed E-state index contributed by atoms with van der Waals surface area (Å²) in [5, 5.41) is 3.14. The van der Waals surface area contributed by atoms with Gasteiger partial charge >= 0.3 is 5.97 Å². The number of aldehydes is 1. The van der Waals surface area contributed by atoms with E-state index in [0.29, 0.717) is 18.9 Å². The Hall–Kier alpha value is -1.43. The summed E-state index contributed by atoms with van der Waals surface area (Å²) >= 11 is 0. The van der Waals surface area contributed by atoms with E-state index < -0.39 is 12.1 Å². The van der Waals surface area contributed by atoms with Crippen LogP contribution in [0, 0.1) is 5.92 Å². The van der Waals surface area contributed by atoms with Crippen molar-refractivity contribution < 1.29 is 19.1 Å². The maximum atomic E-state index is 13.0. The van der Waals surface area contributed by atoms with Gasteiger partial charge in [-0.25, -0.2) is 0 Å². The molecule has 1 saturated carbocycles. The molecule has 0 aromatic heterocycles. The molecule has 6 heteroatoms. The SMILES string of the molecule is CCC[C@@H](N[C@H](C)C(=O)N1C(C=O)C[C@@H]2CCCC[C@@H]21)C(=O)OCC. The predicted octanol–water partition coefficient (Wildman–Crippen LogP) is 2.05. The fraction of sp³-hybridized carbons (Fsp3) is 0.842. The van der Waals surface area contributed by atoms with Gasteiger partial charge in [0.2, 0.25) is 5.91 Å². The second kappa shape index (κ2) is 9.32. The Morgan fingerprint density at radius 3 is 2.64 bits per heavy atom. The molecule has 1 heterocycles. The van der Waals surface area contributed by atoms with Crippen LogP contribution in [0.1, 0.15) is 65.7 Å². The highest BCUT2D eigenvalue weighted by atomic mass is 16.5. The summed E-state index contributed by atoms with van der Waals surface area (Å²) in [6.07, 6.45) is 7.51. The van der Waals surface area contributed by atoms with E-state index in [4.69, 9.17) is 4.74 Å². The number of fused-ring (bicyclic) bond motifs is 1. The van der Waals surface area contributed by atoms with E-state index in [9.17, 15) is 14.4 Å². The Labute approximate surface area is 150 Å². The Morgan fingerprint density at radius 1 is 1.28 bits per heavy atom. The standard InChI is InChI=1S/C19H32N2O4/c1-4-8-16(19(24)25-5-2)20-13(3)18(23)21-15(12-22)11-14-9-6-7-10-17(14)21/h12-17,20H,4-11H2,1-3H3/t13-,14+,15?,16-,17+/m1/s1. The number of hydrogen-bond acceptors (Lipinski definition) is 5. The highest BCUT2D eigenvalue weighted by Gasteiger charge is 2.45. The summed E-state index contributed by atoms with van der Waals surface area (Å²) in [4.78, 5) is 38.4. The lowest BCUT2D eigenvalue weighted by Gasteiger charge is -2.35. The van der Waals surface area contributed by atoms with Crippen LogP contribution in [0.25, 0.3) is 0 Å². The lowest BCUT2D eigenvalue weighted by molar-refractivity contribution is -0.147.